The molecule has 5 nitrogen and oxygen atoms in total. The van der Waals surface area contributed by atoms with E-state index in [4.69, 9.17) is 14.3 Å². The van der Waals surface area contributed by atoms with Gasteiger partial charge in [-0.15, -0.1) is 0 Å². The average molecular weight is 411 g/mol. The molecule has 3 heterocycles. The molecule has 0 radical (unpaired) electrons. The van der Waals surface area contributed by atoms with E-state index in [1.165, 1.54) is 0 Å². The van der Waals surface area contributed by atoms with Gasteiger partial charge in [-0.2, -0.15) is 5.10 Å². The van der Waals surface area contributed by atoms with Gasteiger partial charge in [-0.1, -0.05) is 34.1 Å². The number of hydrogen-bond acceptors (Lipinski definition) is 5. The van der Waals surface area contributed by atoms with Crippen molar-refractivity contribution >= 4 is 21.6 Å². The molecule has 0 bridgehead atoms. The van der Waals surface area contributed by atoms with Gasteiger partial charge in [0.15, 0.2) is 0 Å². The van der Waals surface area contributed by atoms with Gasteiger partial charge in [0, 0.05) is 22.0 Å². The van der Waals surface area contributed by atoms with E-state index < -0.39 is 6.23 Å². The summed E-state index contributed by atoms with van der Waals surface area (Å²) in [5.41, 5.74) is 2.82. The van der Waals surface area contributed by atoms with E-state index >= 15 is 0 Å². The van der Waals surface area contributed by atoms with E-state index in [-0.39, 0.29) is 11.8 Å². The first kappa shape index (κ1) is 15.5. The number of furan rings is 1. The van der Waals surface area contributed by atoms with Crippen LogP contribution in [0.4, 0.5) is 0 Å². The maximum absolute atomic E-state index is 9.96. The quantitative estimate of drug-likeness (QED) is 0.646. The lowest BCUT2D eigenvalue weighted by Crippen LogP contribution is -2.33. The maximum atomic E-state index is 9.96. The molecule has 6 heteroatoms. The molecule has 1 aromatic heterocycles. The largest absolute Gasteiger partial charge is 0.508 e. The van der Waals surface area contributed by atoms with E-state index in [9.17, 15) is 5.11 Å². The standard InChI is InChI=1S/C20H15BrN2O3/c21-15-8-7-12(24)10-14(15)20-23-17(13-4-1-2-5-18(13)26-20)11-16(22-23)19-6-3-9-25-19/h1-10,17,20,24H,11H2/t17-,20+/m1/s1. The van der Waals surface area contributed by atoms with Crippen LogP contribution < -0.4 is 4.74 Å². The highest BCUT2D eigenvalue weighted by Crippen LogP contribution is 2.48. The molecular formula is C20H15BrN2O3. The zero-order valence-electron chi connectivity index (χ0n) is 13.7. The van der Waals surface area contributed by atoms with Crippen LogP contribution in [-0.4, -0.2) is 15.8 Å². The van der Waals surface area contributed by atoms with Gasteiger partial charge < -0.3 is 14.3 Å². The van der Waals surface area contributed by atoms with Crippen molar-refractivity contribution in [2.45, 2.75) is 18.7 Å². The van der Waals surface area contributed by atoms with Gasteiger partial charge in [0.1, 0.15) is 23.0 Å². The Kier molecular flexibility index (Phi) is 3.53. The predicted molar refractivity (Wildman–Crippen MR) is 100 cm³/mol. The zero-order valence-corrected chi connectivity index (χ0v) is 15.3. The second kappa shape index (κ2) is 5.92. The molecule has 2 aliphatic rings. The summed E-state index contributed by atoms with van der Waals surface area (Å²) in [6.45, 7) is 0. The lowest BCUT2D eigenvalue weighted by atomic mass is 9.97. The fourth-order valence-electron chi connectivity index (χ4n) is 3.55. The number of ether oxygens (including phenoxy) is 1. The van der Waals surface area contributed by atoms with Crippen molar-refractivity contribution < 1.29 is 14.3 Å². The number of aromatic hydroxyl groups is 1. The molecule has 0 unspecified atom stereocenters. The second-order valence-corrected chi connectivity index (χ2v) is 7.19. The summed E-state index contributed by atoms with van der Waals surface area (Å²) in [7, 11) is 0. The fraction of sp³-hybridized carbons (Fsp3) is 0.150. The summed E-state index contributed by atoms with van der Waals surface area (Å²) in [4.78, 5) is 0. The molecule has 2 atom stereocenters. The van der Waals surface area contributed by atoms with Gasteiger partial charge in [-0.05, 0) is 36.4 Å². The van der Waals surface area contributed by atoms with Gasteiger partial charge in [0.25, 0.3) is 0 Å². The highest BCUT2D eigenvalue weighted by atomic mass is 79.9. The zero-order chi connectivity index (χ0) is 17.7. The van der Waals surface area contributed by atoms with Gasteiger partial charge >= 0.3 is 0 Å². The van der Waals surface area contributed by atoms with Crippen molar-refractivity contribution in [2.75, 3.05) is 0 Å². The van der Waals surface area contributed by atoms with Crippen LogP contribution >= 0.6 is 15.9 Å². The Labute approximate surface area is 158 Å². The van der Waals surface area contributed by atoms with Crippen molar-refractivity contribution in [3.63, 3.8) is 0 Å². The minimum atomic E-state index is -0.441. The van der Waals surface area contributed by atoms with E-state index in [0.29, 0.717) is 0 Å². The van der Waals surface area contributed by atoms with Gasteiger partial charge in [-0.25, -0.2) is 5.01 Å². The molecule has 0 saturated carbocycles. The van der Waals surface area contributed by atoms with Crippen molar-refractivity contribution in [1.82, 2.24) is 5.01 Å². The summed E-state index contributed by atoms with van der Waals surface area (Å²) in [6.07, 6.45) is 1.95. The van der Waals surface area contributed by atoms with Crippen LogP contribution in [0.25, 0.3) is 0 Å². The van der Waals surface area contributed by atoms with E-state index in [1.807, 2.05) is 41.4 Å². The maximum Gasteiger partial charge on any atom is 0.215 e. The molecule has 0 aliphatic carbocycles. The van der Waals surface area contributed by atoms with E-state index in [2.05, 4.69) is 22.0 Å². The van der Waals surface area contributed by atoms with Crippen molar-refractivity contribution in [3.05, 3.63) is 82.2 Å². The van der Waals surface area contributed by atoms with Gasteiger partial charge in [0.05, 0.1) is 12.3 Å². The van der Waals surface area contributed by atoms with Crippen LogP contribution in [0.15, 0.2) is 74.9 Å². The number of hydrogen-bond donors (Lipinski definition) is 1. The number of para-hydroxylation sites is 1. The lowest BCUT2D eigenvalue weighted by Gasteiger charge is -2.38. The number of benzene rings is 2. The summed E-state index contributed by atoms with van der Waals surface area (Å²) < 4.78 is 12.7. The Morgan fingerprint density at radius 1 is 1.08 bits per heavy atom. The molecule has 0 saturated heterocycles. The predicted octanol–water partition coefficient (Wildman–Crippen LogP) is 4.99. The number of hydrazone groups is 1. The molecular weight excluding hydrogens is 396 g/mol. The first-order valence-corrected chi connectivity index (χ1v) is 9.14. The normalized spacial score (nSPS) is 21.0. The van der Waals surface area contributed by atoms with Crippen molar-refractivity contribution in [3.8, 4) is 11.5 Å². The molecule has 2 aromatic carbocycles. The van der Waals surface area contributed by atoms with Crippen LogP contribution in [0.2, 0.25) is 0 Å². The Morgan fingerprint density at radius 2 is 1.96 bits per heavy atom. The third-order valence-corrected chi connectivity index (χ3v) is 5.47. The number of fused-ring (bicyclic) bond motifs is 3. The van der Waals surface area contributed by atoms with Crippen LogP contribution in [-0.2, 0) is 0 Å². The topological polar surface area (TPSA) is 58.2 Å². The van der Waals surface area contributed by atoms with Crippen LogP contribution in [0.5, 0.6) is 11.5 Å². The Bertz CT molecular complexity index is 1000. The molecule has 0 spiro atoms. The molecule has 5 rings (SSSR count). The molecule has 0 amide bonds. The highest BCUT2D eigenvalue weighted by Gasteiger charge is 2.42. The van der Waals surface area contributed by atoms with Crippen LogP contribution in [0, 0.1) is 0 Å². The Morgan fingerprint density at radius 3 is 2.81 bits per heavy atom. The lowest BCUT2D eigenvalue weighted by molar-refractivity contribution is -0.0196. The van der Waals surface area contributed by atoms with Crippen LogP contribution in [0.1, 0.15) is 35.6 Å². The number of nitrogens with zero attached hydrogens (tertiary/aromatic N) is 2. The third kappa shape index (κ3) is 2.41. The number of phenols is 1. The van der Waals surface area contributed by atoms with Crippen molar-refractivity contribution in [1.29, 1.82) is 0 Å². The SMILES string of the molecule is Oc1ccc(Br)c([C@@H]2Oc3ccccc3[C@H]3CC(c4ccco4)=NN32)c1. The van der Waals surface area contributed by atoms with E-state index in [0.717, 1.165) is 39.2 Å². The average Bonchev–Trinajstić information content (AvgIpc) is 3.32. The fourth-order valence-corrected chi connectivity index (χ4v) is 3.99. The first-order chi connectivity index (χ1) is 12.7. The smallest absolute Gasteiger partial charge is 0.215 e. The minimum Gasteiger partial charge on any atom is -0.508 e. The number of rotatable bonds is 2. The van der Waals surface area contributed by atoms with Gasteiger partial charge in [0.2, 0.25) is 6.23 Å². The van der Waals surface area contributed by atoms with E-state index in [1.54, 1.807) is 18.4 Å². The molecule has 1 N–H and O–H groups in total. The molecule has 130 valence electrons. The molecule has 3 aromatic rings. The number of phenolic OH excluding ortho intramolecular Hbond substituents is 1. The highest BCUT2D eigenvalue weighted by molar-refractivity contribution is 9.10. The molecule has 2 aliphatic heterocycles. The molecule has 0 fully saturated rings. The summed E-state index contributed by atoms with van der Waals surface area (Å²) in [5, 5.41) is 16.7. The second-order valence-electron chi connectivity index (χ2n) is 6.34. The molecule has 26 heavy (non-hydrogen) atoms. The summed E-state index contributed by atoms with van der Waals surface area (Å²) in [6, 6.07) is 17.0. The summed E-state index contributed by atoms with van der Waals surface area (Å²) >= 11 is 3.57. The monoisotopic (exact) mass is 410 g/mol. The Balaban J connectivity index is 1.64. The van der Waals surface area contributed by atoms with Gasteiger partial charge in [-0.3, -0.25) is 0 Å². The van der Waals surface area contributed by atoms with Crippen LogP contribution in [0.3, 0.4) is 0 Å². The third-order valence-electron chi connectivity index (χ3n) is 4.75. The Hall–Kier alpha value is -2.73. The minimum absolute atomic E-state index is 0.0549. The van der Waals surface area contributed by atoms with Crippen molar-refractivity contribution in [2.24, 2.45) is 5.10 Å². The summed E-state index contributed by atoms with van der Waals surface area (Å²) in [5.74, 6) is 1.80. The first-order valence-electron chi connectivity index (χ1n) is 8.34. The number of halogens is 1.